The van der Waals surface area contributed by atoms with Crippen molar-refractivity contribution in [3.05, 3.63) is 40.2 Å². The second-order valence-electron chi connectivity index (χ2n) is 4.81. The SMILES string of the molecule is CCCCC(=O)Cc1nc(-c2ccc(C)cc2)cs1. The summed E-state index contributed by atoms with van der Waals surface area (Å²) in [5.74, 6) is 0.298. The monoisotopic (exact) mass is 273 g/mol. The Hall–Kier alpha value is -1.48. The van der Waals surface area contributed by atoms with Gasteiger partial charge in [0.15, 0.2) is 0 Å². The van der Waals surface area contributed by atoms with Gasteiger partial charge in [0.2, 0.25) is 0 Å². The summed E-state index contributed by atoms with van der Waals surface area (Å²) >= 11 is 1.58. The van der Waals surface area contributed by atoms with Gasteiger partial charge in [-0.1, -0.05) is 43.2 Å². The van der Waals surface area contributed by atoms with E-state index in [1.807, 2.05) is 5.38 Å². The van der Waals surface area contributed by atoms with Gasteiger partial charge in [-0.05, 0) is 13.3 Å². The fraction of sp³-hybridized carbons (Fsp3) is 0.375. The minimum Gasteiger partial charge on any atom is -0.299 e. The number of hydrogen-bond donors (Lipinski definition) is 0. The van der Waals surface area contributed by atoms with Gasteiger partial charge in [0.1, 0.15) is 10.8 Å². The Kier molecular flexibility index (Phi) is 4.86. The van der Waals surface area contributed by atoms with Gasteiger partial charge in [-0.2, -0.15) is 0 Å². The third kappa shape index (κ3) is 4.00. The van der Waals surface area contributed by atoms with Crippen LogP contribution in [0.2, 0.25) is 0 Å². The molecule has 0 radical (unpaired) electrons. The second kappa shape index (κ2) is 6.62. The molecule has 1 aromatic heterocycles. The van der Waals surface area contributed by atoms with Gasteiger partial charge >= 0.3 is 0 Å². The number of hydrogen-bond acceptors (Lipinski definition) is 3. The standard InChI is InChI=1S/C16H19NOS/c1-3-4-5-14(18)10-16-17-15(11-19-16)13-8-6-12(2)7-9-13/h6-9,11H,3-5,10H2,1-2H3. The van der Waals surface area contributed by atoms with Crippen LogP contribution in [0.1, 0.15) is 36.8 Å². The molecule has 0 aliphatic carbocycles. The third-order valence-corrected chi connectivity index (χ3v) is 3.91. The number of aryl methyl sites for hydroxylation is 1. The minimum atomic E-state index is 0.298. The average Bonchev–Trinajstić information content (AvgIpc) is 2.85. The summed E-state index contributed by atoms with van der Waals surface area (Å²) in [7, 11) is 0. The lowest BCUT2D eigenvalue weighted by molar-refractivity contribution is -0.118. The molecule has 19 heavy (non-hydrogen) atoms. The van der Waals surface area contributed by atoms with E-state index in [9.17, 15) is 4.79 Å². The maximum Gasteiger partial charge on any atom is 0.139 e. The number of ketones is 1. The van der Waals surface area contributed by atoms with Crippen molar-refractivity contribution in [2.45, 2.75) is 39.5 Å². The lowest BCUT2D eigenvalue weighted by atomic mass is 10.1. The van der Waals surface area contributed by atoms with E-state index in [-0.39, 0.29) is 0 Å². The van der Waals surface area contributed by atoms with Gasteiger partial charge in [0.25, 0.3) is 0 Å². The van der Waals surface area contributed by atoms with Crippen molar-refractivity contribution in [3.63, 3.8) is 0 Å². The molecule has 1 heterocycles. The third-order valence-electron chi connectivity index (χ3n) is 3.06. The topological polar surface area (TPSA) is 30.0 Å². The zero-order chi connectivity index (χ0) is 13.7. The van der Waals surface area contributed by atoms with Crippen LogP contribution in [0.4, 0.5) is 0 Å². The molecule has 0 atom stereocenters. The maximum absolute atomic E-state index is 11.7. The molecular formula is C16H19NOS. The Morgan fingerprint density at radius 2 is 2.00 bits per heavy atom. The number of nitrogens with zero attached hydrogens (tertiary/aromatic N) is 1. The van der Waals surface area contributed by atoms with Crippen LogP contribution in [-0.2, 0) is 11.2 Å². The van der Waals surface area contributed by atoms with Crippen LogP contribution < -0.4 is 0 Å². The smallest absolute Gasteiger partial charge is 0.139 e. The van der Waals surface area contributed by atoms with Gasteiger partial charge in [0.05, 0.1) is 12.1 Å². The molecule has 2 rings (SSSR count). The first-order valence-corrected chi connectivity index (χ1v) is 7.60. The van der Waals surface area contributed by atoms with Gasteiger partial charge < -0.3 is 0 Å². The fourth-order valence-electron chi connectivity index (χ4n) is 1.88. The molecular weight excluding hydrogens is 254 g/mol. The van der Waals surface area contributed by atoms with Crippen molar-refractivity contribution in [2.75, 3.05) is 0 Å². The molecule has 0 bridgehead atoms. The molecule has 2 aromatic rings. The summed E-state index contributed by atoms with van der Waals surface area (Å²) in [4.78, 5) is 16.3. The van der Waals surface area contributed by atoms with Crippen molar-refractivity contribution in [1.82, 2.24) is 4.98 Å². The van der Waals surface area contributed by atoms with Crippen molar-refractivity contribution in [1.29, 1.82) is 0 Å². The van der Waals surface area contributed by atoms with Gasteiger partial charge in [-0.3, -0.25) is 4.79 Å². The van der Waals surface area contributed by atoms with E-state index in [1.54, 1.807) is 11.3 Å². The summed E-state index contributed by atoms with van der Waals surface area (Å²) in [5.41, 5.74) is 3.34. The largest absolute Gasteiger partial charge is 0.299 e. The van der Waals surface area contributed by atoms with Crippen molar-refractivity contribution in [2.24, 2.45) is 0 Å². The van der Waals surface area contributed by atoms with Crippen LogP contribution in [0.5, 0.6) is 0 Å². The number of unbranched alkanes of at least 4 members (excludes halogenated alkanes) is 1. The summed E-state index contributed by atoms with van der Waals surface area (Å²) in [6.07, 6.45) is 3.21. The van der Waals surface area contributed by atoms with Crippen LogP contribution >= 0.6 is 11.3 Å². The molecule has 100 valence electrons. The van der Waals surface area contributed by atoms with Gasteiger partial charge in [0, 0.05) is 17.4 Å². The molecule has 0 aliphatic rings. The van der Waals surface area contributed by atoms with Gasteiger partial charge in [-0.25, -0.2) is 4.98 Å². The number of carbonyl (C=O) groups excluding carboxylic acids is 1. The van der Waals surface area contributed by atoms with E-state index in [0.717, 1.165) is 29.1 Å². The van der Waals surface area contributed by atoms with E-state index in [4.69, 9.17) is 0 Å². The van der Waals surface area contributed by atoms with Crippen LogP contribution in [0.15, 0.2) is 29.6 Å². The molecule has 0 saturated heterocycles. The highest BCUT2D eigenvalue weighted by molar-refractivity contribution is 7.10. The highest BCUT2D eigenvalue weighted by atomic mass is 32.1. The predicted octanol–water partition coefficient (Wildman–Crippen LogP) is 4.42. The maximum atomic E-state index is 11.7. The Morgan fingerprint density at radius 1 is 1.26 bits per heavy atom. The number of aromatic nitrogens is 1. The van der Waals surface area contributed by atoms with E-state index < -0.39 is 0 Å². The number of benzene rings is 1. The summed E-state index contributed by atoms with van der Waals surface area (Å²) in [6, 6.07) is 8.32. The van der Waals surface area contributed by atoms with Crippen molar-refractivity contribution in [3.8, 4) is 11.3 Å². The lowest BCUT2D eigenvalue weighted by Crippen LogP contribution is -2.01. The fourth-order valence-corrected chi connectivity index (χ4v) is 2.71. The molecule has 0 amide bonds. The lowest BCUT2D eigenvalue weighted by Gasteiger charge is -1.98. The Bertz CT molecular complexity index is 542. The molecule has 0 saturated carbocycles. The second-order valence-corrected chi connectivity index (χ2v) is 5.75. The molecule has 0 spiro atoms. The van der Waals surface area contributed by atoms with Crippen LogP contribution in [-0.4, -0.2) is 10.8 Å². The van der Waals surface area contributed by atoms with E-state index in [0.29, 0.717) is 18.6 Å². The van der Waals surface area contributed by atoms with Crippen LogP contribution in [0.25, 0.3) is 11.3 Å². The average molecular weight is 273 g/mol. The van der Waals surface area contributed by atoms with E-state index in [2.05, 4.69) is 43.1 Å². The Labute approximate surface area is 118 Å². The van der Waals surface area contributed by atoms with Crippen molar-refractivity contribution < 1.29 is 4.79 Å². The number of Topliss-reactive ketones (excluding diaryl/α,β-unsaturated/α-hetero) is 1. The number of carbonyl (C=O) groups is 1. The first-order valence-electron chi connectivity index (χ1n) is 6.72. The van der Waals surface area contributed by atoms with E-state index >= 15 is 0 Å². The van der Waals surface area contributed by atoms with Crippen LogP contribution in [0, 0.1) is 6.92 Å². The predicted molar refractivity (Wildman–Crippen MR) is 80.5 cm³/mol. The molecule has 2 nitrogen and oxygen atoms in total. The first kappa shape index (κ1) is 13.9. The normalized spacial score (nSPS) is 10.6. The molecule has 0 unspecified atom stereocenters. The Morgan fingerprint density at radius 3 is 2.68 bits per heavy atom. The van der Waals surface area contributed by atoms with Gasteiger partial charge in [-0.15, -0.1) is 11.3 Å². The van der Waals surface area contributed by atoms with Crippen molar-refractivity contribution >= 4 is 17.1 Å². The molecule has 3 heteroatoms. The number of thiazole rings is 1. The Balaban J connectivity index is 2.02. The molecule has 0 fully saturated rings. The number of rotatable bonds is 6. The molecule has 0 aliphatic heterocycles. The van der Waals surface area contributed by atoms with E-state index in [1.165, 1.54) is 5.56 Å². The van der Waals surface area contributed by atoms with Crippen LogP contribution in [0.3, 0.4) is 0 Å². The summed E-state index contributed by atoms with van der Waals surface area (Å²) < 4.78 is 0. The molecule has 1 aromatic carbocycles. The first-order chi connectivity index (χ1) is 9.19. The summed E-state index contributed by atoms with van der Waals surface area (Å²) in [5, 5.41) is 2.96. The highest BCUT2D eigenvalue weighted by Gasteiger charge is 2.08. The molecule has 0 N–H and O–H groups in total. The summed E-state index contributed by atoms with van der Waals surface area (Å²) in [6.45, 7) is 4.18. The minimum absolute atomic E-state index is 0.298. The highest BCUT2D eigenvalue weighted by Crippen LogP contribution is 2.22. The zero-order valence-electron chi connectivity index (χ0n) is 11.5. The quantitative estimate of drug-likeness (QED) is 0.779. The zero-order valence-corrected chi connectivity index (χ0v) is 12.3.